The third-order valence-electron chi connectivity index (χ3n) is 3.68. The molecule has 0 bridgehead atoms. The van der Waals surface area contributed by atoms with Gasteiger partial charge in [0, 0.05) is 32.4 Å². The Kier molecular flexibility index (Phi) is 5.28. The molecule has 0 saturated heterocycles. The molecule has 2 N–H and O–H groups in total. The van der Waals surface area contributed by atoms with Crippen LogP contribution >= 0.6 is 0 Å². The van der Waals surface area contributed by atoms with Gasteiger partial charge < -0.3 is 15.0 Å². The summed E-state index contributed by atoms with van der Waals surface area (Å²) in [4.78, 5) is 15.4. The van der Waals surface area contributed by atoms with Crippen molar-refractivity contribution < 1.29 is 23.1 Å². The van der Waals surface area contributed by atoms with E-state index >= 15 is 0 Å². The lowest BCUT2D eigenvalue weighted by Crippen LogP contribution is -2.46. The van der Waals surface area contributed by atoms with Crippen LogP contribution in [0.3, 0.4) is 0 Å². The van der Waals surface area contributed by atoms with Crippen molar-refractivity contribution in [3.8, 4) is 0 Å². The average Bonchev–Trinajstić information content (AvgIpc) is 2.93. The molecule has 0 fully saturated rings. The highest BCUT2D eigenvalue weighted by Crippen LogP contribution is 2.40. The van der Waals surface area contributed by atoms with Gasteiger partial charge in [0.25, 0.3) is 0 Å². The van der Waals surface area contributed by atoms with E-state index in [1.165, 1.54) is 19.4 Å². The molecule has 1 aromatic heterocycles. The minimum atomic E-state index is -4.91. The Morgan fingerprint density at radius 3 is 2.50 bits per heavy atom. The molecule has 0 aliphatic carbocycles. The predicted octanol–water partition coefficient (Wildman–Crippen LogP) is 1.92. The van der Waals surface area contributed by atoms with E-state index in [4.69, 9.17) is 0 Å². The molecule has 130 valence electrons. The lowest BCUT2D eigenvalue weighted by atomic mass is 9.97. The van der Waals surface area contributed by atoms with Gasteiger partial charge in [-0.1, -0.05) is 30.3 Å². The summed E-state index contributed by atoms with van der Waals surface area (Å²) in [5.41, 5.74) is -2.36. The van der Waals surface area contributed by atoms with Crippen molar-refractivity contribution in [2.45, 2.75) is 24.6 Å². The molecule has 1 amide bonds. The van der Waals surface area contributed by atoms with Crippen LogP contribution < -0.4 is 5.32 Å². The lowest BCUT2D eigenvalue weighted by Gasteiger charge is -2.30. The van der Waals surface area contributed by atoms with E-state index in [1.54, 1.807) is 30.3 Å². The molecule has 8 heteroatoms. The van der Waals surface area contributed by atoms with E-state index in [-0.39, 0.29) is 13.0 Å². The molecule has 0 saturated carbocycles. The lowest BCUT2D eigenvalue weighted by molar-refractivity contribution is -0.272. The minimum absolute atomic E-state index is 0.0632. The monoisotopic (exact) mass is 341 g/mol. The van der Waals surface area contributed by atoms with Gasteiger partial charge >= 0.3 is 6.18 Å². The first-order chi connectivity index (χ1) is 11.2. The van der Waals surface area contributed by atoms with E-state index in [2.05, 4.69) is 10.3 Å². The second kappa shape index (κ2) is 7.04. The van der Waals surface area contributed by atoms with Crippen LogP contribution in [0.5, 0.6) is 0 Å². The number of nitrogens with one attached hydrogen (secondary N) is 1. The molecule has 5 nitrogen and oxygen atoms in total. The summed E-state index contributed by atoms with van der Waals surface area (Å²) >= 11 is 0. The smallest absolute Gasteiger partial charge is 0.374 e. The molecular formula is C16H18F3N3O2. The Labute approximate surface area is 137 Å². The fourth-order valence-corrected chi connectivity index (χ4v) is 2.37. The first-order valence-electron chi connectivity index (χ1n) is 7.31. The Balaban J connectivity index is 1.99. The van der Waals surface area contributed by atoms with Crippen molar-refractivity contribution in [1.82, 2.24) is 14.9 Å². The molecule has 1 heterocycles. The summed E-state index contributed by atoms with van der Waals surface area (Å²) in [5.74, 6) is -0.919. The highest BCUT2D eigenvalue weighted by atomic mass is 19.4. The summed E-state index contributed by atoms with van der Waals surface area (Å²) in [6, 6.07) is 8.84. The normalized spacial score (nSPS) is 14.2. The number of hydrogen-bond acceptors (Lipinski definition) is 3. The number of imidazole rings is 1. The standard InChI is InChI=1S/C16H18F3N3O2/c1-22-10-9-21-14(22)15(24,16(17,18)19)7-8-20-13(23)11-12-5-3-2-4-6-12/h2-6,9-10,24H,7-8,11H2,1H3,(H,20,23)/t15-/m1/s1. The summed E-state index contributed by atoms with van der Waals surface area (Å²) in [6.07, 6.45) is -3.06. The Morgan fingerprint density at radius 2 is 1.96 bits per heavy atom. The Bertz CT molecular complexity index is 685. The van der Waals surface area contributed by atoms with Gasteiger partial charge in [-0.2, -0.15) is 13.2 Å². The molecular weight excluding hydrogens is 323 g/mol. The quantitative estimate of drug-likeness (QED) is 0.844. The van der Waals surface area contributed by atoms with Crippen molar-refractivity contribution in [3.05, 3.63) is 54.1 Å². The molecule has 0 aliphatic rings. The first kappa shape index (κ1) is 18.0. The van der Waals surface area contributed by atoms with Crippen molar-refractivity contribution in [1.29, 1.82) is 0 Å². The third-order valence-corrected chi connectivity index (χ3v) is 3.68. The number of hydrogen-bond donors (Lipinski definition) is 2. The van der Waals surface area contributed by atoms with Crippen LogP contribution in [0.15, 0.2) is 42.7 Å². The van der Waals surface area contributed by atoms with Gasteiger partial charge in [0.1, 0.15) is 5.82 Å². The minimum Gasteiger partial charge on any atom is -0.374 e. The highest BCUT2D eigenvalue weighted by molar-refractivity contribution is 5.78. The van der Waals surface area contributed by atoms with Gasteiger partial charge in [-0.05, 0) is 5.56 Å². The second-order valence-corrected chi connectivity index (χ2v) is 5.48. The van der Waals surface area contributed by atoms with E-state index in [1.807, 2.05) is 0 Å². The Morgan fingerprint density at radius 1 is 1.29 bits per heavy atom. The fraction of sp³-hybridized carbons (Fsp3) is 0.375. The van der Waals surface area contributed by atoms with Gasteiger partial charge in [0.2, 0.25) is 11.5 Å². The number of aryl methyl sites for hydroxylation is 1. The summed E-state index contributed by atoms with van der Waals surface area (Å²) in [7, 11) is 1.37. The number of benzene rings is 1. The van der Waals surface area contributed by atoms with Crippen molar-refractivity contribution in [2.24, 2.45) is 7.05 Å². The molecule has 1 aromatic carbocycles. The number of halogens is 3. The Hall–Kier alpha value is -2.35. The molecule has 0 unspecified atom stereocenters. The number of carbonyl (C=O) groups is 1. The topological polar surface area (TPSA) is 67.2 Å². The number of aromatic nitrogens is 2. The van der Waals surface area contributed by atoms with Crippen LogP contribution in [0, 0.1) is 0 Å². The number of rotatable bonds is 6. The summed E-state index contributed by atoms with van der Waals surface area (Å²) < 4.78 is 41.0. The predicted molar refractivity (Wildman–Crippen MR) is 80.9 cm³/mol. The number of carbonyl (C=O) groups excluding carboxylic acids is 1. The average molecular weight is 341 g/mol. The zero-order chi connectivity index (χ0) is 17.8. The first-order valence-corrected chi connectivity index (χ1v) is 7.31. The van der Waals surface area contributed by atoms with Crippen LogP contribution in [-0.4, -0.2) is 33.3 Å². The SMILES string of the molecule is Cn1ccnc1[C@](O)(CCNC(=O)Cc1ccccc1)C(F)(F)F. The maximum absolute atomic E-state index is 13.3. The van der Waals surface area contributed by atoms with Crippen LogP contribution in [0.1, 0.15) is 17.8 Å². The number of nitrogens with zero attached hydrogens (tertiary/aromatic N) is 2. The molecule has 0 aliphatic heterocycles. The van der Waals surface area contributed by atoms with E-state index in [0.29, 0.717) is 0 Å². The van der Waals surface area contributed by atoms with Crippen LogP contribution in [0.25, 0.3) is 0 Å². The van der Waals surface area contributed by atoms with Crippen LogP contribution in [-0.2, 0) is 23.9 Å². The summed E-state index contributed by atoms with van der Waals surface area (Å²) in [5, 5.41) is 12.5. The molecule has 2 aromatic rings. The third kappa shape index (κ3) is 3.94. The van der Waals surface area contributed by atoms with Crippen LogP contribution in [0.4, 0.5) is 13.2 Å². The maximum Gasteiger partial charge on any atom is 0.424 e. The molecule has 2 rings (SSSR count). The van der Waals surface area contributed by atoms with Gasteiger partial charge in [-0.3, -0.25) is 4.79 Å². The van der Waals surface area contributed by atoms with E-state index in [9.17, 15) is 23.1 Å². The van der Waals surface area contributed by atoms with Crippen LogP contribution in [0.2, 0.25) is 0 Å². The molecule has 0 spiro atoms. The largest absolute Gasteiger partial charge is 0.424 e. The van der Waals surface area contributed by atoms with Crippen molar-refractivity contribution >= 4 is 5.91 Å². The van der Waals surface area contributed by atoms with E-state index in [0.717, 1.165) is 10.1 Å². The zero-order valence-corrected chi connectivity index (χ0v) is 13.0. The van der Waals surface area contributed by atoms with Gasteiger partial charge in [0.15, 0.2) is 0 Å². The van der Waals surface area contributed by atoms with Gasteiger partial charge in [0.05, 0.1) is 6.42 Å². The van der Waals surface area contributed by atoms with Gasteiger partial charge in [-0.15, -0.1) is 0 Å². The fourth-order valence-electron chi connectivity index (χ4n) is 2.37. The van der Waals surface area contributed by atoms with Gasteiger partial charge in [-0.25, -0.2) is 4.98 Å². The molecule has 1 atom stereocenters. The zero-order valence-electron chi connectivity index (χ0n) is 13.0. The van der Waals surface area contributed by atoms with Crippen molar-refractivity contribution in [3.63, 3.8) is 0 Å². The second-order valence-electron chi connectivity index (χ2n) is 5.48. The number of aliphatic hydroxyl groups is 1. The molecule has 24 heavy (non-hydrogen) atoms. The number of amides is 1. The maximum atomic E-state index is 13.3. The van der Waals surface area contributed by atoms with E-state index < -0.39 is 29.9 Å². The molecule has 0 radical (unpaired) electrons. The summed E-state index contributed by atoms with van der Waals surface area (Å²) in [6.45, 7) is -0.325. The van der Waals surface area contributed by atoms with Crippen molar-refractivity contribution in [2.75, 3.05) is 6.54 Å². The number of alkyl halides is 3. The highest BCUT2D eigenvalue weighted by Gasteiger charge is 2.57.